The second kappa shape index (κ2) is 8.24. The van der Waals surface area contributed by atoms with E-state index in [0.29, 0.717) is 0 Å². The quantitative estimate of drug-likeness (QED) is 0.252. The number of hydrogen-bond acceptors (Lipinski definition) is 1. The molecule has 0 aliphatic rings. The van der Waals surface area contributed by atoms with E-state index in [9.17, 15) is 0 Å². The molecule has 5 aromatic carbocycles. The SMILES string of the molecule is COc1ccc(C(c2ccccc2)(c2ccccc2)n2c3ccccc3c3ccccc32)cc1. The Balaban J connectivity index is 1.86. The highest BCUT2D eigenvalue weighted by Crippen LogP contribution is 2.46. The van der Waals surface area contributed by atoms with Crippen molar-refractivity contribution in [2.45, 2.75) is 5.54 Å². The number of nitrogens with zero attached hydrogens (tertiary/aromatic N) is 1. The third-order valence-corrected chi connectivity index (χ3v) is 6.81. The number of aromatic nitrogens is 1. The standard InChI is InChI=1S/C32H25NO/c1-34-27-22-20-26(21-23-27)32(24-12-4-2-5-13-24,25-14-6-3-7-15-25)33-30-18-10-8-16-28(30)29-17-9-11-19-31(29)33/h2-23H,1H3. The van der Waals surface area contributed by atoms with Gasteiger partial charge in [-0.3, -0.25) is 0 Å². The van der Waals surface area contributed by atoms with E-state index >= 15 is 0 Å². The molecule has 0 fully saturated rings. The fourth-order valence-corrected chi connectivity index (χ4v) is 5.36. The number of para-hydroxylation sites is 2. The second-order valence-corrected chi connectivity index (χ2v) is 8.54. The lowest BCUT2D eigenvalue weighted by molar-refractivity contribution is 0.414. The zero-order chi connectivity index (χ0) is 23.0. The first-order valence-electron chi connectivity index (χ1n) is 11.6. The van der Waals surface area contributed by atoms with Gasteiger partial charge in [-0.1, -0.05) is 109 Å². The van der Waals surface area contributed by atoms with Gasteiger partial charge in [0.25, 0.3) is 0 Å². The maximum Gasteiger partial charge on any atom is 0.121 e. The van der Waals surface area contributed by atoms with Crippen molar-refractivity contribution >= 4 is 21.8 Å². The number of ether oxygens (including phenoxy) is 1. The summed E-state index contributed by atoms with van der Waals surface area (Å²) in [4.78, 5) is 0. The molecule has 6 rings (SSSR count). The Morgan fingerprint density at radius 3 is 1.35 bits per heavy atom. The van der Waals surface area contributed by atoms with Gasteiger partial charge < -0.3 is 9.30 Å². The van der Waals surface area contributed by atoms with Crippen LogP contribution >= 0.6 is 0 Å². The summed E-state index contributed by atoms with van der Waals surface area (Å²) in [5, 5.41) is 2.51. The Morgan fingerprint density at radius 1 is 0.471 bits per heavy atom. The molecular formula is C32H25NO. The summed E-state index contributed by atoms with van der Waals surface area (Å²) < 4.78 is 8.04. The molecule has 0 aliphatic heterocycles. The van der Waals surface area contributed by atoms with Crippen LogP contribution in [0.1, 0.15) is 16.7 Å². The summed E-state index contributed by atoms with van der Waals surface area (Å²) in [6.45, 7) is 0. The first-order valence-corrected chi connectivity index (χ1v) is 11.6. The van der Waals surface area contributed by atoms with Crippen molar-refractivity contribution < 1.29 is 4.74 Å². The number of hydrogen-bond donors (Lipinski definition) is 0. The van der Waals surface area contributed by atoms with Crippen LogP contribution in [0.15, 0.2) is 133 Å². The van der Waals surface area contributed by atoms with Crippen molar-refractivity contribution in [3.63, 3.8) is 0 Å². The topological polar surface area (TPSA) is 14.2 Å². The van der Waals surface area contributed by atoms with Crippen molar-refractivity contribution in [2.24, 2.45) is 0 Å². The molecule has 0 amide bonds. The van der Waals surface area contributed by atoms with Crippen molar-refractivity contribution in [1.82, 2.24) is 4.57 Å². The highest BCUT2D eigenvalue weighted by atomic mass is 16.5. The molecular weight excluding hydrogens is 414 g/mol. The fraction of sp³-hybridized carbons (Fsp3) is 0.0625. The normalized spacial score (nSPS) is 11.7. The largest absolute Gasteiger partial charge is 0.497 e. The predicted molar refractivity (Wildman–Crippen MR) is 141 cm³/mol. The molecule has 0 aliphatic carbocycles. The minimum Gasteiger partial charge on any atom is -0.497 e. The molecule has 0 radical (unpaired) electrons. The van der Waals surface area contributed by atoms with E-state index in [-0.39, 0.29) is 0 Å². The molecule has 0 unspecified atom stereocenters. The molecule has 0 spiro atoms. The third kappa shape index (κ3) is 2.96. The van der Waals surface area contributed by atoms with Crippen LogP contribution in [0.5, 0.6) is 5.75 Å². The molecule has 0 bridgehead atoms. The lowest BCUT2D eigenvalue weighted by atomic mass is 9.76. The zero-order valence-electron chi connectivity index (χ0n) is 19.1. The summed E-state index contributed by atoms with van der Waals surface area (Å²) in [5.74, 6) is 0.848. The van der Waals surface area contributed by atoms with E-state index in [1.165, 1.54) is 38.5 Å². The van der Waals surface area contributed by atoms with Crippen LogP contribution in [0, 0.1) is 0 Å². The number of rotatable bonds is 5. The Kier molecular flexibility index (Phi) is 4.92. The summed E-state index contributed by atoms with van der Waals surface area (Å²) in [6.07, 6.45) is 0. The van der Waals surface area contributed by atoms with Gasteiger partial charge in [0.15, 0.2) is 0 Å². The maximum absolute atomic E-state index is 5.52. The average Bonchev–Trinajstić information content (AvgIpc) is 3.26. The summed E-state index contributed by atoms with van der Waals surface area (Å²) >= 11 is 0. The highest BCUT2D eigenvalue weighted by molar-refractivity contribution is 6.08. The third-order valence-electron chi connectivity index (χ3n) is 6.81. The highest BCUT2D eigenvalue weighted by Gasteiger charge is 2.40. The summed E-state index contributed by atoms with van der Waals surface area (Å²) in [7, 11) is 1.71. The van der Waals surface area contributed by atoms with Gasteiger partial charge in [-0.2, -0.15) is 0 Å². The molecule has 0 saturated heterocycles. The van der Waals surface area contributed by atoms with Crippen LogP contribution in [-0.2, 0) is 5.54 Å². The minimum atomic E-state index is -0.586. The van der Waals surface area contributed by atoms with Crippen LogP contribution in [0.4, 0.5) is 0 Å². The van der Waals surface area contributed by atoms with Crippen LogP contribution in [0.2, 0.25) is 0 Å². The molecule has 164 valence electrons. The van der Waals surface area contributed by atoms with E-state index in [1.54, 1.807) is 7.11 Å². The van der Waals surface area contributed by atoms with Crippen molar-refractivity contribution in [3.8, 4) is 5.75 Å². The van der Waals surface area contributed by atoms with Gasteiger partial charge in [0.1, 0.15) is 11.3 Å². The van der Waals surface area contributed by atoms with E-state index in [0.717, 1.165) is 5.75 Å². The molecule has 6 aromatic rings. The van der Waals surface area contributed by atoms with Gasteiger partial charge in [-0.05, 0) is 41.0 Å². The van der Waals surface area contributed by atoms with Crippen LogP contribution in [0.25, 0.3) is 21.8 Å². The lowest BCUT2D eigenvalue weighted by Gasteiger charge is -2.39. The maximum atomic E-state index is 5.52. The first kappa shape index (κ1) is 20.3. The van der Waals surface area contributed by atoms with Crippen LogP contribution < -0.4 is 4.74 Å². The smallest absolute Gasteiger partial charge is 0.121 e. The minimum absolute atomic E-state index is 0.586. The average molecular weight is 440 g/mol. The first-order chi connectivity index (χ1) is 16.8. The molecule has 0 saturated carbocycles. The zero-order valence-corrected chi connectivity index (χ0v) is 19.1. The molecule has 2 nitrogen and oxygen atoms in total. The van der Waals surface area contributed by atoms with Gasteiger partial charge >= 0.3 is 0 Å². The van der Waals surface area contributed by atoms with E-state index in [4.69, 9.17) is 4.74 Å². The summed E-state index contributed by atoms with van der Waals surface area (Å²) in [5.41, 5.74) is 5.41. The molecule has 2 heteroatoms. The van der Waals surface area contributed by atoms with E-state index < -0.39 is 5.54 Å². The lowest BCUT2D eigenvalue weighted by Crippen LogP contribution is -2.37. The summed E-state index contributed by atoms with van der Waals surface area (Å²) in [6, 6.07) is 47.6. The number of methoxy groups -OCH3 is 1. The molecule has 1 heterocycles. The van der Waals surface area contributed by atoms with Gasteiger partial charge in [-0.15, -0.1) is 0 Å². The Hall–Kier alpha value is -4.30. The van der Waals surface area contributed by atoms with E-state index in [2.05, 4.69) is 138 Å². The Labute approximate surface area is 199 Å². The van der Waals surface area contributed by atoms with Gasteiger partial charge in [-0.25, -0.2) is 0 Å². The number of benzene rings is 5. The van der Waals surface area contributed by atoms with Gasteiger partial charge in [0, 0.05) is 10.8 Å². The Bertz CT molecular complexity index is 1470. The predicted octanol–water partition coefficient (Wildman–Crippen LogP) is 7.64. The van der Waals surface area contributed by atoms with E-state index in [1.807, 2.05) is 0 Å². The van der Waals surface area contributed by atoms with Crippen LogP contribution in [-0.4, -0.2) is 11.7 Å². The van der Waals surface area contributed by atoms with Gasteiger partial charge in [0.05, 0.1) is 18.1 Å². The second-order valence-electron chi connectivity index (χ2n) is 8.54. The monoisotopic (exact) mass is 439 g/mol. The number of fused-ring (bicyclic) bond motifs is 3. The van der Waals surface area contributed by atoms with Crippen molar-refractivity contribution in [3.05, 3.63) is 150 Å². The molecule has 34 heavy (non-hydrogen) atoms. The Morgan fingerprint density at radius 2 is 0.882 bits per heavy atom. The van der Waals surface area contributed by atoms with Crippen molar-refractivity contribution in [2.75, 3.05) is 7.11 Å². The fourth-order valence-electron chi connectivity index (χ4n) is 5.36. The van der Waals surface area contributed by atoms with Crippen LogP contribution in [0.3, 0.4) is 0 Å². The van der Waals surface area contributed by atoms with Crippen molar-refractivity contribution in [1.29, 1.82) is 0 Å². The molecule has 0 atom stereocenters. The van der Waals surface area contributed by atoms with Gasteiger partial charge in [0.2, 0.25) is 0 Å². The molecule has 0 N–H and O–H groups in total. The molecule has 1 aromatic heterocycles.